The molecule has 8 heteroatoms. The van der Waals surface area contributed by atoms with Crippen LogP contribution >= 0.6 is 0 Å². The van der Waals surface area contributed by atoms with Crippen molar-refractivity contribution in [3.05, 3.63) is 36.0 Å². The van der Waals surface area contributed by atoms with Gasteiger partial charge in [-0.1, -0.05) is 6.07 Å². The number of hydrogen-bond donors (Lipinski definition) is 0. The third-order valence-electron chi connectivity index (χ3n) is 3.32. The average Bonchev–Trinajstić information content (AvgIpc) is 2.54. The highest BCUT2D eigenvalue weighted by Crippen LogP contribution is 2.36. The van der Waals surface area contributed by atoms with E-state index in [1.165, 1.54) is 0 Å². The lowest BCUT2D eigenvalue weighted by Gasteiger charge is -2.23. The van der Waals surface area contributed by atoms with Crippen LogP contribution in [0.2, 0.25) is 0 Å². The number of anilines is 2. The average molecular weight is 355 g/mol. The Morgan fingerprint density at radius 2 is 1.96 bits per heavy atom. The van der Waals surface area contributed by atoms with Gasteiger partial charge in [0.05, 0.1) is 13.2 Å². The standard InChI is InChI=1S/C17H20F3N3O2/c1-5-23(12-7-6-8-13(9-12)24-4)16-21-10-14(17(18,19)20)15(22-16)25-11(2)3/h6-11H,5H2,1-4H3. The Balaban J connectivity index is 2.48. The highest BCUT2D eigenvalue weighted by molar-refractivity contribution is 5.59. The molecule has 0 saturated heterocycles. The Kier molecular flexibility index (Phi) is 5.71. The largest absolute Gasteiger partial charge is 0.497 e. The summed E-state index contributed by atoms with van der Waals surface area (Å²) in [5, 5.41) is 0. The van der Waals surface area contributed by atoms with E-state index in [2.05, 4.69) is 9.97 Å². The predicted molar refractivity (Wildman–Crippen MR) is 88.5 cm³/mol. The van der Waals surface area contributed by atoms with E-state index < -0.39 is 23.7 Å². The van der Waals surface area contributed by atoms with Crippen molar-refractivity contribution in [1.82, 2.24) is 9.97 Å². The minimum absolute atomic E-state index is 0.124. The number of rotatable bonds is 6. The van der Waals surface area contributed by atoms with E-state index in [9.17, 15) is 13.2 Å². The summed E-state index contributed by atoms with van der Waals surface area (Å²) >= 11 is 0. The fraction of sp³-hybridized carbons (Fsp3) is 0.412. The van der Waals surface area contributed by atoms with E-state index >= 15 is 0 Å². The summed E-state index contributed by atoms with van der Waals surface area (Å²) in [6.07, 6.45) is -4.28. The lowest BCUT2D eigenvalue weighted by atomic mass is 10.2. The van der Waals surface area contributed by atoms with Gasteiger partial charge in [0.2, 0.25) is 11.8 Å². The summed E-state index contributed by atoms with van der Waals surface area (Å²) in [7, 11) is 1.54. The number of ether oxygens (including phenoxy) is 2. The fourth-order valence-corrected chi connectivity index (χ4v) is 2.21. The first-order valence-corrected chi connectivity index (χ1v) is 7.78. The summed E-state index contributed by atoms with van der Waals surface area (Å²) in [4.78, 5) is 9.58. The molecular formula is C17H20F3N3O2. The van der Waals surface area contributed by atoms with Gasteiger partial charge in [-0.2, -0.15) is 18.2 Å². The van der Waals surface area contributed by atoms with Crippen molar-refractivity contribution in [2.45, 2.75) is 33.1 Å². The van der Waals surface area contributed by atoms with Gasteiger partial charge in [0.15, 0.2) is 0 Å². The highest BCUT2D eigenvalue weighted by Gasteiger charge is 2.37. The van der Waals surface area contributed by atoms with Crippen molar-refractivity contribution in [2.75, 3.05) is 18.6 Å². The quantitative estimate of drug-likeness (QED) is 0.766. The number of hydrogen-bond acceptors (Lipinski definition) is 5. The van der Waals surface area contributed by atoms with Crippen molar-refractivity contribution >= 4 is 11.6 Å². The van der Waals surface area contributed by atoms with Gasteiger partial charge < -0.3 is 14.4 Å². The number of aromatic nitrogens is 2. The van der Waals surface area contributed by atoms with Gasteiger partial charge in [0.25, 0.3) is 0 Å². The molecule has 1 heterocycles. The molecule has 0 unspecified atom stereocenters. The molecule has 2 aromatic rings. The summed E-state index contributed by atoms with van der Waals surface area (Å²) < 4.78 is 49.9. The van der Waals surface area contributed by atoms with Crippen LogP contribution in [0.4, 0.5) is 24.8 Å². The monoisotopic (exact) mass is 355 g/mol. The van der Waals surface area contributed by atoms with Crippen LogP contribution in [0.1, 0.15) is 26.3 Å². The molecule has 0 aliphatic carbocycles. The maximum atomic E-state index is 13.1. The minimum Gasteiger partial charge on any atom is -0.497 e. The normalized spacial score (nSPS) is 11.5. The zero-order valence-corrected chi connectivity index (χ0v) is 14.5. The van der Waals surface area contributed by atoms with E-state index in [4.69, 9.17) is 9.47 Å². The third-order valence-corrected chi connectivity index (χ3v) is 3.32. The third kappa shape index (κ3) is 4.52. The molecule has 0 bridgehead atoms. The number of methoxy groups -OCH3 is 1. The molecule has 1 aromatic heterocycles. The fourth-order valence-electron chi connectivity index (χ4n) is 2.21. The molecule has 0 spiro atoms. The van der Waals surface area contributed by atoms with Crippen LogP contribution in [0, 0.1) is 0 Å². The van der Waals surface area contributed by atoms with Crippen LogP contribution in [0.5, 0.6) is 11.6 Å². The topological polar surface area (TPSA) is 47.5 Å². The van der Waals surface area contributed by atoms with Gasteiger partial charge >= 0.3 is 6.18 Å². The van der Waals surface area contributed by atoms with E-state index in [0.29, 0.717) is 18.0 Å². The second kappa shape index (κ2) is 7.58. The SMILES string of the molecule is CCN(c1cccc(OC)c1)c1ncc(C(F)(F)F)c(OC(C)C)n1. The van der Waals surface area contributed by atoms with Gasteiger partial charge in [-0.25, -0.2) is 4.98 Å². The maximum Gasteiger partial charge on any atom is 0.423 e. The van der Waals surface area contributed by atoms with Crippen molar-refractivity contribution in [3.63, 3.8) is 0 Å². The Hall–Kier alpha value is -2.51. The molecule has 0 fully saturated rings. The Morgan fingerprint density at radius 3 is 2.52 bits per heavy atom. The Bertz CT molecular complexity index is 721. The van der Waals surface area contributed by atoms with E-state index in [0.717, 1.165) is 6.20 Å². The van der Waals surface area contributed by atoms with E-state index in [-0.39, 0.29) is 5.95 Å². The molecule has 5 nitrogen and oxygen atoms in total. The summed E-state index contributed by atoms with van der Waals surface area (Å²) in [6.45, 7) is 5.59. The van der Waals surface area contributed by atoms with Crippen LogP contribution in [0.15, 0.2) is 30.5 Å². The van der Waals surface area contributed by atoms with Gasteiger partial charge in [-0.15, -0.1) is 0 Å². The molecule has 0 aliphatic rings. The molecule has 1 aromatic carbocycles. The minimum atomic E-state index is -4.59. The van der Waals surface area contributed by atoms with E-state index in [1.807, 2.05) is 6.92 Å². The van der Waals surface area contributed by atoms with Crippen LogP contribution < -0.4 is 14.4 Å². The predicted octanol–water partition coefficient (Wildman–Crippen LogP) is 4.45. The summed E-state index contributed by atoms with van der Waals surface area (Å²) in [6, 6.07) is 7.12. The zero-order chi connectivity index (χ0) is 18.6. The molecular weight excluding hydrogens is 335 g/mol. The number of alkyl halides is 3. The maximum absolute atomic E-state index is 13.1. The van der Waals surface area contributed by atoms with Gasteiger partial charge in [-0.05, 0) is 32.9 Å². The molecule has 2 rings (SSSR count). The zero-order valence-electron chi connectivity index (χ0n) is 14.5. The van der Waals surface area contributed by atoms with Crippen molar-refractivity contribution in [2.24, 2.45) is 0 Å². The van der Waals surface area contributed by atoms with Crippen LogP contribution in [0.25, 0.3) is 0 Å². The molecule has 0 aliphatic heterocycles. The smallest absolute Gasteiger partial charge is 0.423 e. The Labute approximate surface area is 144 Å². The molecule has 0 saturated carbocycles. The van der Waals surface area contributed by atoms with Gasteiger partial charge in [0.1, 0.15) is 11.3 Å². The van der Waals surface area contributed by atoms with Crippen LogP contribution in [-0.2, 0) is 6.18 Å². The first kappa shape index (κ1) is 18.8. The van der Waals surface area contributed by atoms with Crippen molar-refractivity contribution in [1.29, 1.82) is 0 Å². The van der Waals surface area contributed by atoms with Gasteiger partial charge in [-0.3, -0.25) is 0 Å². The molecule has 0 N–H and O–H groups in total. The van der Waals surface area contributed by atoms with Crippen LogP contribution in [0.3, 0.4) is 0 Å². The van der Waals surface area contributed by atoms with Crippen molar-refractivity contribution in [3.8, 4) is 11.6 Å². The molecule has 0 radical (unpaired) electrons. The van der Waals surface area contributed by atoms with Gasteiger partial charge in [0, 0.05) is 24.5 Å². The first-order chi connectivity index (χ1) is 11.8. The molecule has 0 amide bonds. The van der Waals surface area contributed by atoms with Crippen molar-refractivity contribution < 1.29 is 22.6 Å². The van der Waals surface area contributed by atoms with E-state index in [1.54, 1.807) is 50.1 Å². The highest BCUT2D eigenvalue weighted by atomic mass is 19.4. The molecule has 0 atom stereocenters. The number of halogens is 3. The first-order valence-electron chi connectivity index (χ1n) is 7.78. The van der Waals surface area contributed by atoms with Crippen LogP contribution in [-0.4, -0.2) is 29.7 Å². The number of benzene rings is 1. The lowest BCUT2D eigenvalue weighted by molar-refractivity contribution is -0.139. The second-order valence-electron chi connectivity index (χ2n) is 5.50. The summed E-state index contributed by atoms with van der Waals surface area (Å²) in [5.74, 6) is 0.273. The number of nitrogens with zero attached hydrogens (tertiary/aromatic N) is 3. The molecule has 25 heavy (non-hydrogen) atoms. The second-order valence-corrected chi connectivity index (χ2v) is 5.50. The molecule has 136 valence electrons. The Morgan fingerprint density at radius 1 is 1.24 bits per heavy atom. The summed E-state index contributed by atoms with van der Waals surface area (Å²) in [5.41, 5.74) is -0.288. The lowest BCUT2D eigenvalue weighted by Crippen LogP contribution is -2.21.